The van der Waals surface area contributed by atoms with Crippen molar-refractivity contribution in [2.45, 2.75) is 6.42 Å². The molecule has 0 radical (unpaired) electrons. The Hall–Kier alpha value is -0.690. The lowest BCUT2D eigenvalue weighted by molar-refractivity contribution is -0.128. The van der Waals surface area contributed by atoms with Crippen LogP contribution in [-0.4, -0.2) is 51.8 Å². The maximum atomic E-state index is 12.4. The molecule has 0 spiro atoms. The maximum absolute atomic E-state index is 12.4. The second-order valence-electron chi connectivity index (χ2n) is 3.61. The molecule has 1 rings (SSSR count). The fraction of sp³-hybridized carbons (Fsp3) is 0.875. The summed E-state index contributed by atoms with van der Waals surface area (Å²) in [6.45, 7) is 1.13. The number of rotatable bonds is 5. The number of hydrogen-bond donors (Lipinski definition) is 0. The van der Waals surface area contributed by atoms with E-state index in [1.165, 1.54) is 12.0 Å². The Balaban J connectivity index is 2.45. The molecule has 1 atom stereocenters. The molecule has 5 nitrogen and oxygen atoms in total. The van der Waals surface area contributed by atoms with E-state index in [4.69, 9.17) is 4.74 Å². The van der Waals surface area contributed by atoms with E-state index in [0.717, 1.165) is 0 Å². The van der Waals surface area contributed by atoms with E-state index in [9.17, 15) is 17.1 Å². The lowest BCUT2D eigenvalue weighted by Gasteiger charge is -2.15. The first-order valence-corrected chi connectivity index (χ1v) is 6.16. The Kier molecular flexibility index (Phi) is 4.04. The van der Waals surface area contributed by atoms with E-state index < -0.39 is 21.9 Å². The van der Waals surface area contributed by atoms with Gasteiger partial charge in [-0.05, 0) is 0 Å². The third-order valence-corrected chi connectivity index (χ3v) is 3.16. The van der Waals surface area contributed by atoms with Gasteiger partial charge in [-0.1, -0.05) is 0 Å². The summed E-state index contributed by atoms with van der Waals surface area (Å²) >= 11 is 0. The van der Waals surface area contributed by atoms with Crippen LogP contribution in [0.4, 0.5) is 3.89 Å². The Labute approximate surface area is 88.4 Å². The molecule has 7 heteroatoms. The summed E-state index contributed by atoms with van der Waals surface area (Å²) in [7, 11) is -2.97. The van der Waals surface area contributed by atoms with Crippen molar-refractivity contribution in [2.75, 3.05) is 32.6 Å². The summed E-state index contributed by atoms with van der Waals surface area (Å²) in [5.74, 6) is -1.13. The second-order valence-corrected chi connectivity index (χ2v) is 5.02. The molecule has 1 aliphatic rings. The van der Waals surface area contributed by atoms with Crippen molar-refractivity contribution in [3.05, 3.63) is 0 Å². The molecular formula is C8H14FNO4S. The predicted octanol–water partition coefficient (Wildman–Crippen LogP) is -0.219. The Morgan fingerprint density at radius 3 is 2.80 bits per heavy atom. The van der Waals surface area contributed by atoms with Crippen LogP contribution in [0, 0.1) is 5.92 Å². The van der Waals surface area contributed by atoms with Gasteiger partial charge in [-0.3, -0.25) is 4.79 Å². The summed E-state index contributed by atoms with van der Waals surface area (Å²) < 4.78 is 38.0. The molecule has 1 heterocycles. The summed E-state index contributed by atoms with van der Waals surface area (Å²) in [5, 5.41) is 0. The van der Waals surface area contributed by atoms with Crippen LogP contribution in [0.5, 0.6) is 0 Å². The monoisotopic (exact) mass is 239 g/mol. The molecule has 1 unspecified atom stereocenters. The number of amides is 1. The van der Waals surface area contributed by atoms with Crippen molar-refractivity contribution >= 4 is 16.1 Å². The Morgan fingerprint density at radius 2 is 2.27 bits per heavy atom. The average Bonchev–Trinajstić information content (AvgIpc) is 2.39. The number of carbonyl (C=O) groups is 1. The number of nitrogens with zero attached hydrogens (tertiary/aromatic N) is 1. The van der Waals surface area contributed by atoms with E-state index in [0.29, 0.717) is 19.7 Å². The average molecular weight is 239 g/mol. The summed E-state index contributed by atoms with van der Waals surface area (Å²) in [4.78, 5) is 12.8. The van der Waals surface area contributed by atoms with Crippen LogP contribution in [0.15, 0.2) is 0 Å². The number of hydrogen-bond acceptors (Lipinski definition) is 4. The number of carbonyl (C=O) groups excluding carboxylic acids is 1. The van der Waals surface area contributed by atoms with E-state index >= 15 is 0 Å². The molecule has 0 N–H and O–H groups in total. The zero-order valence-corrected chi connectivity index (χ0v) is 9.30. The van der Waals surface area contributed by atoms with E-state index in [-0.39, 0.29) is 12.3 Å². The maximum Gasteiger partial charge on any atom is 0.302 e. The van der Waals surface area contributed by atoms with Crippen molar-refractivity contribution in [2.24, 2.45) is 5.92 Å². The van der Waals surface area contributed by atoms with Crippen LogP contribution in [0.2, 0.25) is 0 Å². The van der Waals surface area contributed by atoms with Gasteiger partial charge in [0.25, 0.3) is 0 Å². The van der Waals surface area contributed by atoms with Crippen LogP contribution >= 0.6 is 0 Å². The number of halogens is 1. The van der Waals surface area contributed by atoms with Gasteiger partial charge in [-0.15, -0.1) is 3.89 Å². The first-order chi connectivity index (χ1) is 6.92. The summed E-state index contributed by atoms with van der Waals surface area (Å²) in [6, 6.07) is 0. The van der Waals surface area contributed by atoms with Crippen molar-refractivity contribution < 1.29 is 21.8 Å². The number of likely N-dealkylation sites (tertiary alicyclic amines) is 1. The van der Waals surface area contributed by atoms with Crippen LogP contribution in [0.1, 0.15) is 6.42 Å². The standard InChI is InChI=1S/C8H14FNO4S/c1-14-3-2-10-5-7(4-8(10)11)6-15(9,12)13/h7H,2-6H2,1H3. The lowest BCUT2D eigenvalue weighted by atomic mass is 10.1. The van der Waals surface area contributed by atoms with Crippen LogP contribution in [-0.2, 0) is 19.8 Å². The number of ether oxygens (including phenoxy) is 1. The molecule has 0 bridgehead atoms. The van der Waals surface area contributed by atoms with Crippen molar-refractivity contribution in [1.82, 2.24) is 4.90 Å². The van der Waals surface area contributed by atoms with E-state index in [2.05, 4.69) is 0 Å². The highest BCUT2D eigenvalue weighted by Gasteiger charge is 2.32. The molecule has 88 valence electrons. The zero-order valence-electron chi connectivity index (χ0n) is 8.48. The minimum absolute atomic E-state index is 0.104. The summed E-state index contributed by atoms with van der Waals surface area (Å²) in [6.07, 6.45) is 0.104. The predicted molar refractivity (Wildman–Crippen MR) is 51.5 cm³/mol. The highest BCUT2D eigenvalue weighted by atomic mass is 32.3. The molecule has 1 fully saturated rings. The van der Waals surface area contributed by atoms with Gasteiger partial charge in [0.15, 0.2) is 0 Å². The molecule has 0 aliphatic carbocycles. The topological polar surface area (TPSA) is 63.7 Å². The van der Waals surface area contributed by atoms with E-state index in [1.54, 1.807) is 0 Å². The van der Waals surface area contributed by atoms with Gasteiger partial charge in [-0.2, -0.15) is 8.42 Å². The first kappa shape index (κ1) is 12.4. The number of methoxy groups -OCH3 is 1. The molecule has 15 heavy (non-hydrogen) atoms. The SMILES string of the molecule is COCCN1CC(CS(=O)(=O)F)CC1=O. The molecule has 0 saturated carbocycles. The molecule has 1 aliphatic heterocycles. The quantitative estimate of drug-likeness (QED) is 0.622. The van der Waals surface area contributed by atoms with Gasteiger partial charge in [-0.25, -0.2) is 0 Å². The molecule has 0 aromatic heterocycles. The van der Waals surface area contributed by atoms with Gasteiger partial charge in [0, 0.05) is 32.5 Å². The van der Waals surface area contributed by atoms with Gasteiger partial charge in [0.05, 0.1) is 12.4 Å². The fourth-order valence-corrected chi connectivity index (χ4v) is 2.45. The third-order valence-electron chi connectivity index (χ3n) is 2.29. The highest BCUT2D eigenvalue weighted by Crippen LogP contribution is 2.19. The first-order valence-electron chi connectivity index (χ1n) is 4.61. The van der Waals surface area contributed by atoms with Crippen molar-refractivity contribution in [3.63, 3.8) is 0 Å². The van der Waals surface area contributed by atoms with Crippen LogP contribution < -0.4 is 0 Å². The van der Waals surface area contributed by atoms with Gasteiger partial charge < -0.3 is 9.64 Å². The third kappa shape index (κ3) is 4.13. The minimum atomic E-state index is -4.49. The molecule has 0 aromatic rings. The zero-order chi connectivity index (χ0) is 11.5. The normalized spacial score (nSPS) is 22.4. The smallest absolute Gasteiger partial charge is 0.302 e. The van der Waals surface area contributed by atoms with Gasteiger partial charge in [0.1, 0.15) is 0 Å². The minimum Gasteiger partial charge on any atom is -0.383 e. The van der Waals surface area contributed by atoms with Crippen LogP contribution in [0.25, 0.3) is 0 Å². The second kappa shape index (κ2) is 4.89. The largest absolute Gasteiger partial charge is 0.383 e. The van der Waals surface area contributed by atoms with Gasteiger partial charge >= 0.3 is 10.2 Å². The molecule has 1 saturated heterocycles. The molecule has 1 amide bonds. The molecular weight excluding hydrogens is 225 g/mol. The molecule has 0 aromatic carbocycles. The van der Waals surface area contributed by atoms with Gasteiger partial charge in [0.2, 0.25) is 5.91 Å². The van der Waals surface area contributed by atoms with E-state index in [1.807, 2.05) is 0 Å². The fourth-order valence-electron chi connectivity index (χ4n) is 1.66. The highest BCUT2D eigenvalue weighted by molar-refractivity contribution is 7.86. The van der Waals surface area contributed by atoms with Crippen molar-refractivity contribution in [1.29, 1.82) is 0 Å². The lowest BCUT2D eigenvalue weighted by Crippen LogP contribution is -2.29. The van der Waals surface area contributed by atoms with Crippen molar-refractivity contribution in [3.8, 4) is 0 Å². The van der Waals surface area contributed by atoms with Crippen LogP contribution in [0.3, 0.4) is 0 Å². The summed E-state index contributed by atoms with van der Waals surface area (Å²) in [5.41, 5.74) is 0. The Morgan fingerprint density at radius 1 is 1.60 bits per heavy atom. The Bertz CT molecular complexity index is 330.